The van der Waals surface area contributed by atoms with Gasteiger partial charge in [-0.1, -0.05) is 54.2 Å². The Kier molecular flexibility index (Phi) is 5.19. The van der Waals surface area contributed by atoms with Crippen molar-refractivity contribution in [2.45, 2.75) is 17.3 Å². The summed E-state index contributed by atoms with van der Waals surface area (Å²) in [7, 11) is 3.52. The predicted octanol–water partition coefficient (Wildman–Crippen LogP) is 3.85. The average Bonchev–Trinajstić information content (AvgIpc) is 3.02. The van der Waals surface area contributed by atoms with Crippen LogP contribution >= 0.6 is 11.8 Å². The van der Waals surface area contributed by atoms with Gasteiger partial charge in [-0.2, -0.15) is 0 Å². The number of methoxy groups -OCH3 is 1. The number of ketones is 1. The molecule has 0 saturated carbocycles. The van der Waals surface area contributed by atoms with Gasteiger partial charge in [0.15, 0.2) is 16.8 Å². The molecule has 2 aromatic carbocycles. The Morgan fingerprint density at radius 1 is 1.08 bits per heavy atom. The van der Waals surface area contributed by atoms with E-state index in [4.69, 9.17) is 4.74 Å². The molecule has 25 heavy (non-hydrogen) atoms. The normalized spacial score (nSPS) is 12.0. The highest BCUT2D eigenvalue weighted by Gasteiger charge is 2.21. The maximum absolute atomic E-state index is 12.5. The maximum atomic E-state index is 12.5. The van der Waals surface area contributed by atoms with Crippen LogP contribution in [0.5, 0.6) is 5.75 Å². The van der Waals surface area contributed by atoms with Crippen molar-refractivity contribution in [1.82, 2.24) is 14.8 Å². The molecule has 0 N–H and O–H groups in total. The topological polar surface area (TPSA) is 57.0 Å². The van der Waals surface area contributed by atoms with Crippen LogP contribution in [0.1, 0.15) is 17.3 Å². The highest BCUT2D eigenvalue weighted by molar-refractivity contribution is 8.00. The van der Waals surface area contributed by atoms with Crippen molar-refractivity contribution in [2.75, 3.05) is 7.11 Å². The van der Waals surface area contributed by atoms with Crippen molar-refractivity contribution in [3.63, 3.8) is 0 Å². The van der Waals surface area contributed by atoms with E-state index < -0.39 is 0 Å². The lowest BCUT2D eigenvalue weighted by Crippen LogP contribution is -2.14. The molecular weight excluding hydrogens is 334 g/mol. The molecule has 0 saturated heterocycles. The van der Waals surface area contributed by atoms with Crippen LogP contribution in [0.3, 0.4) is 0 Å². The summed E-state index contributed by atoms with van der Waals surface area (Å²) in [5.74, 6) is 1.52. The fourth-order valence-electron chi connectivity index (χ4n) is 2.53. The van der Waals surface area contributed by atoms with Gasteiger partial charge >= 0.3 is 0 Å². The summed E-state index contributed by atoms with van der Waals surface area (Å²) in [6, 6.07) is 17.0. The second-order valence-corrected chi connectivity index (χ2v) is 6.86. The third kappa shape index (κ3) is 3.58. The van der Waals surface area contributed by atoms with E-state index in [-0.39, 0.29) is 11.0 Å². The van der Waals surface area contributed by atoms with E-state index in [1.165, 1.54) is 11.8 Å². The molecule has 0 bridgehead atoms. The molecule has 5 nitrogen and oxygen atoms in total. The molecule has 0 radical (unpaired) electrons. The summed E-state index contributed by atoms with van der Waals surface area (Å²) >= 11 is 1.40. The van der Waals surface area contributed by atoms with E-state index in [1.54, 1.807) is 7.11 Å². The first-order valence-corrected chi connectivity index (χ1v) is 8.78. The zero-order valence-corrected chi connectivity index (χ0v) is 15.2. The first-order chi connectivity index (χ1) is 12.1. The number of aromatic nitrogens is 3. The van der Waals surface area contributed by atoms with Gasteiger partial charge in [-0.3, -0.25) is 4.79 Å². The number of rotatable bonds is 6. The fraction of sp³-hybridized carbons (Fsp3) is 0.211. The zero-order chi connectivity index (χ0) is 17.8. The molecule has 1 aromatic heterocycles. The SMILES string of the molecule is COc1ccccc1-c1nnc(SC(C)C(=O)c2ccccc2)n1C. The van der Waals surface area contributed by atoms with Gasteiger partial charge in [0.2, 0.25) is 0 Å². The fourth-order valence-corrected chi connectivity index (χ4v) is 3.42. The summed E-state index contributed by atoms with van der Waals surface area (Å²) in [5.41, 5.74) is 1.57. The Morgan fingerprint density at radius 2 is 1.76 bits per heavy atom. The number of para-hydroxylation sites is 1. The van der Waals surface area contributed by atoms with Gasteiger partial charge in [0, 0.05) is 12.6 Å². The van der Waals surface area contributed by atoms with Crippen LogP contribution in [0.15, 0.2) is 59.8 Å². The molecule has 3 rings (SSSR count). The van der Waals surface area contributed by atoms with Gasteiger partial charge in [-0.05, 0) is 19.1 Å². The van der Waals surface area contributed by atoms with Gasteiger partial charge in [0.05, 0.1) is 17.9 Å². The highest BCUT2D eigenvalue weighted by Crippen LogP contribution is 2.31. The third-order valence-electron chi connectivity index (χ3n) is 3.89. The van der Waals surface area contributed by atoms with Gasteiger partial charge in [0.25, 0.3) is 0 Å². The van der Waals surface area contributed by atoms with Crippen molar-refractivity contribution in [3.05, 3.63) is 60.2 Å². The third-order valence-corrected chi connectivity index (χ3v) is 5.03. The van der Waals surface area contributed by atoms with E-state index in [0.29, 0.717) is 16.5 Å². The van der Waals surface area contributed by atoms with E-state index in [9.17, 15) is 4.79 Å². The Hall–Kier alpha value is -2.60. The van der Waals surface area contributed by atoms with Crippen LogP contribution in [-0.4, -0.2) is 32.9 Å². The van der Waals surface area contributed by atoms with Crippen LogP contribution in [0.4, 0.5) is 0 Å². The quantitative estimate of drug-likeness (QED) is 0.498. The standard InChI is InChI=1S/C19H19N3O2S/c1-13(17(23)14-9-5-4-6-10-14)25-19-21-20-18(22(19)2)15-11-7-8-12-16(15)24-3/h4-13H,1-3H3. The Morgan fingerprint density at radius 3 is 2.48 bits per heavy atom. The number of hydrogen-bond acceptors (Lipinski definition) is 5. The van der Waals surface area contributed by atoms with Crippen molar-refractivity contribution >= 4 is 17.5 Å². The molecule has 1 heterocycles. The second kappa shape index (κ2) is 7.53. The molecule has 0 amide bonds. The molecule has 1 unspecified atom stereocenters. The molecule has 0 spiro atoms. The van der Waals surface area contributed by atoms with Gasteiger partial charge in [-0.15, -0.1) is 10.2 Å². The number of Topliss-reactive ketones (excluding diaryl/α,β-unsaturated/α-hetero) is 1. The smallest absolute Gasteiger partial charge is 0.191 e. The number of carbonyl (C=O) groups excluding carboxylic acids is 1. The molecule has 1 atom stereocenters. The number of nitrogens with zero attached hydrogens (tertiary/aromatic N) is 3. The summed E-state index contributed by atoms with van der Waals surface area (Å²) in [5, 5.41) is 8.97. The molecule has 0 fully saturated rings. The van der Waals surface area contributed by atoms with Crippen molar-refractivity contribution in [3.8, 4) is 17.1 Å². The first kappa shape index (κ1) is 17.2. The highest BCUT2D eigenvalue weighted by atomic mass is 32.2. The molecule has 6 heteroatoms. The lowest BCUT2D eigenvalue weighted by atomic mass is 10.1. The number of benzene rings is 2. The van der Waals surface area contributed by atoms with Crippen LogP contribution in [0.2, 0.25) is 0 Å². The van der Waals surface area contributed by atoms with E-state index in [1.807, 2.05) is 73.1 Å². The molecular formula is C19H19N3O2S. The number of hydrogen-bond donors (Lipinski definition) is 0. The minimum atomic E-state index is -0.254. The number of carbonyl (C=O) groups is 1. The average molecular weight is 353 g/mol. The zero-order valence-electron chi connectivity index (χ0n) is 14.3. The summed E-state index contributed by atoms with van der Waals surface area (Å²) < 4.78 is 7.29. The van der Waals surface area contributed by atoms with E-state index >= 15 is 0 Å². The Balaban J connectivity index is 1.83. The van der Waals surface area contributed by atoms with Gasteiger partial charge in [-0.25, -0.2) is 0 Å². The summed E-state index contributed by atoms with van der Waals surface area (Å²) in [6.45, 7) is 1.89. The lowest BCUT2D eigenvalue weighted by Gasteiger charge is -2.11. The Labute approximate surface area is 151 Å². The minimum Gasteiger partial charge on any atom is -0.496 e. The van der Waals surface area contributed by atoms with E-state index in [0.717, 1.165) is 11.3 Å². The van der Waals surface area contributed by atoms with Crippen molar-refractivity contribution in [2.24, 2.45) is 7.05 Å². The second-order valence-electron chi connectivity index (χ2n) is 5.56. The van der Waals surface area contributed by atoms with Crippen molar-refractivity contribution in [1.29, 1.82) is 0 Å². The van der Waals surface area contributed by atoms with Gasteiger partial charge < -0.3 is 9.30 Å². The summed E-state index contributed by atoms with van der Waals surface area (Å²) in [4.78, 5) is 12.5. The van der Waals surface area contributed by atoms with Crippen LogP contribution < -0.4 is 4.74 Å². The monoisotopic (exact) mass is 353 g/mol. The van der Waals surface area contributed by atoms with Crippen LogP contribution in [0.25, 0.3) is 11.4 Å². The summed E-state index contributed by atoms with van der Waals surface area (Å²) in [6.07, 6.45) is 0. The molecule has 0 aliphatic carbocycles. The van der Waals surface area contributed by atoms with Crippen LogP contribution in [0, 0.1) is 0 Å². The number of thioether (sulfide) groups is 1. The number of ether oxygens (including phenoxy) is 1. The van der Waals surface area contributed by atoms with Gasteiger partial charge in [0.1, 0.15) is 5.75 Å². The predicted molar refractivity (Wildman–Crippen MR) is 99.1 cm³/mol. The van der Waals surface area contributed by atoms with Crippen molar-refractivity contribution < 1.29 is 9.53 Å². The molecule has 3 aromatic rings. The largest absolute Gasteiger partial charge is 0.496 e. The molecule has 0 aliphatic rings. The molecule has 128 valence electrons. The Bertz CT molecular complexity index is 877. The maximum Gasteiger partial charge on any atom is 0.191 e. The van der Waals surface area contributed by atoms with Crippen LogP contribution in [-0.2, 0) is 7.05 Å². The molecule has 0 aliphatic heterocycles. The minimum absolute atomic E-state index is 0.0763. The lowest BCUT2D eigenvalue weighted by molar-refractivity contribution is 0.0994. The first-order valence-electron chi connectivity index (χ1n) is 7.90. The van der Waals surface area contributed by atoms with E-state index in [2.05, 4.69) is 10.2 Å².